The monoisotopic (exact) mass is 491 g/mol. The van der Waals surface area contributed by atoms with Crippen LogP contribution in [-0.2, 0) is 26.5 Å². The van der Waals surface area contributed by atoms with E-state index in [9.17, 15) is 13.5 Å². The van der Waals surface area contributed by atoms with Gasteiger partial charge in [0.2, 0.25) is 0 Å². The number of phenols is 1. The summed E-state index contributed by atoms with van der Waals surface area (Å²) in [5, 5.41) is 11.0. The summed E-state index contributed by atoms with van der Waals surface area (Å²) >= 11 is 0. The van der Waals surface area contributed by atoms with Gasteiger partial charge in [0.25, 0.3) is 0 Å². The van der Waals surface area contributed by atoms with Crippen LogP contribution in [0.5, 0.6) is 11.5 Å². The third kappa shape index (κ3) is 3.52. The number of rotatable bonds is 3. The van der Waals surface area contributed by atoms with Gasteiger partial charge in [-0.15, -0.1) is 0 Å². The maximum Gasteiger partial charge on any atom is 0.179 e. The largest absolute Gasteiger partial charge is 0.507 e. The Morgan fingerprint density at radius 1 is 1.12 bits per heavy atom. The minimum atomic E-state index is -3.61. The Morgan fingerprint density at radius 3 is 2.50 bits per heavy atom. The van der Waals surface area contributed by atoms with Crippen LogP contribution in [-0.4, -0.2) is 57.6 Å². The lowest BCUT2D eigenvalue weighted by Gasteiger charge is -2.64. The van der Waals surface area contributed by atoms with Gasteiger partial charge >= 0.3 is 0 Å². The predicted molar refractivity (Wildman–Crippen MR) is 132 cm³/mol. The van der Waals surface area contributed by atoms with Crippen LogP contribution in [0.4, 0.5) is 0 Å². The molecule has 4 aliphatic rings. The number of phenolic OH excluding ortho intramolecular Hbond substituents is 1. The summed E-state index contributed by atoms with van der Waals surface area (Å²) in [6.45, 7) is 12.5. The Labute approximate surface area is 204 Å². The first-order chi connectivity index (χ1) is 15.9. The van der Waals surface area contributed by atoms with Crippen molar-refractivity contribution in [3.8, 4) is 11.5 Å². The lowest BCUT2D eigenvalue weighted by molar-refractivity contribution is -0.0985. The summed E-state index contributed by atoms with van der Waals surface area (Å²) in [4.78, 5) is 2.52. The van der Waals surface area contributed by atoms with Crippen molar-refractivity contribution in [3.05, 3.63) is 17.2 Å². The first-order valence-electron chi connectivity index (χ1n) is 12.9. The lowest BCUT2D eigenvalue weighted by Crippen LogP contribution is -2.60. The Kier molecular flexibility index (Phi) is 5.81. The zero-order valence-electron chi connectivity index (χ0n) is 21.4. The Bertz CT molecular complexity index is 1080. The quantitative estimate of drug-likeness (QED) is 0.670. The third-order valence-corrected chi connectivity index (χ3v) is 11.9. The van der Waals surface area contributed by atoms with E-state index in [1.807, 2.05) is 0 Å². The number of hydrogen-bond donors (Lipinski definition) is 1. The molecule has 0 unspecified atom stereocenters. The van der Waals surface area contributed by atoms with E-state index in [1.54, 1.807) is 13.2 Å². The topological polar surface area (TPSA) is 76.1 Å². The number of sulfone groups is 1. The van der Waals surface area contributed by atoms with E-state index in [-0.39, 0.29) is 33.7 Å². The molecule has 1 aromatic rings. The van der Waals surface area contributed by atoms with Gasteiger partial charge < -0.3 is 14.6 Å². The van der Waals surface area contributed by atoms with Gasteiger partial charge in [0.1, 0.15) is 11.5 Å². The Morgan fingerprint density at radius 2 is 1.82 bits per heavy atom. The van der Waals surface area contributed by atoms with Crippen molar-refractivity contribution >= 4 is 9.84 Å². The van der Waals surface area contributed by atoms with E-state index >= 15 is 0 Å². The Balaban J connectivity index is 1.69. The number of ether oxygens (including phenoxy) is 2. The van der Waals surface area contributed by atoms with Crippen molar-refractivity contribution in [3.63, 3.8) is 0 Å². The van der Waals surface area contributed by atoms with Crippen LogP contribution < -0.4 is 4.74 Å². The van der Waals surface area contributed by atoms with Crippen LogP contribution in [0.1, 0.15) is 70.9 Å². The second kappa shape index (κ2) is 8.10. The highest BCUT2D eigenvalue weighted by Gasteiger charge is 2.63. The maximum absolute atomic E-state index is 14.1. The number of fused-ring (bicyclic) bond motifs is 5. The van der Waals surface area contributed by atoms with Crippen molar-refractivity contribution in [1.29, 1.82) is 0 Å². The van der Waals surface area contributed by atoms with Gasteiger partial charge in [-0.1, -0.05) is 34.1 Å². The average molecular weight is 492 g/mol. The number of methoxy groups -OCH3 is 1. The van der Waals surface area contributed by atoms with Gasteiger partial charge in [0.15, 0.2) is 9.84 Å². The summed E-state index contributed by atoms with van der Waals surface area (Å²) in [6, 6.07) is 1.66. The first kappa shape index (κ1) is 24.4. The molecule has 34 heavy (non-hydrogen) atoms. The van der Waals surface area contributed by atoms with Crippen LogP contribution in [0, 0.1) is 22.7 Å². The van der Waals surface area contributed by atoms with Crippen LogP contribution in [0.3, 0.4) is 0 Å². The van der Waals surface area contributed by atoms with E-state index < -0.39 is 9.84 Å². The van der Waals surface area contributed by atoms with Crippen LogP contribution in [0.15, 0.2) is 11.0 Å². The van der Waals surface area contributed by atoms with Gasteiger partial charge in [-0.2, -0.15) is 0 Å². The van der Waals surface area contributed by atoms with Crippen molar-refractivity contribution in [2.75, 3.05) is 39.2 Å². The molecule has 1 aromatic carbocycles. The van der Waals surface area contributed by atoms with E-state index in [4.69, 9.17) is 9.47 Å². The lowest BCUT2D eigenvalue weighted by atomic mass is 9.42. The van der Waals surface area contributed by atoms with Gasteiger partial charge in [-0.05, 0) is 48.3 Å². The minimum absolute atomic E-state index is 0.0198. The highest BCUT2D eigenvalue weighted by molar-refractivity contribution is 7.91. The van der Waals surface area contributed by atoms with Crippen molar-refractivity contribution < 1.29 is 23.0 Å². The second-order valence-corrected chi connectivity index (χ2v) is 14.3. The molecule has 2 heterocycles. The molecule has 2 saturated carbocycles. The molecule has 7 heteroatoms. The zero-order valence-corrected chi connectivity index (χ0v) is 22.3. The molecule has 0 amide bonds. The van der Waals surface area contributed by atoms with E-state index in [1.165, 1.54) is 6.42 Å². The van der Waals surface area contributed by atoms with Gasteiger partial charge in [0, 0.05) is 42.2 Å². The molecule has 0 radical (unpaired) electrons. The van der Waals surface area contributed by atoms with E-state index in [0.29, 0.717) is 41.9 Å². The maximum atomic E-state index is 14.1. The predicted octanol–water partition coefficient (Wildman–Crippen LogP) is 4.52. The molecule has 6 nitrogen and oxygen atoms in total. The van der Waals surface area contributed by atoms with Crippen LogP contribution in [0.2, 0.25) is 0 Å². The normalized spacial score (nSPS) is 36.7. The molecule has 3 fully saturated rings. The number of aromatic hydroxyl groups is 1. The first-order valence-corrected chi connectivity index (χ1v) is 14.6. The summed E-state index contributed by atoms with van der Waals surface area (Å²) in [7, 11) is -2.02. The SMILES string of the molecule is COc1cc(O)c(CN2CCOCC2)c2c1[C@]1(C)CC[C@H]3C(C)(C)CCC[C@]3(C)[C@H]1CS2(=O)=O. The van der Waals surface area contributed by atoms with Crippen molar-refractivity contribution in [2.24, 2.45) is 22.7 Å². The van der Waals surface area contributed by atoms with E-state index in [2.05, 4.69) is 32.6 Å². The number of nitrogens with zero attached hydrogens (tertiary/aromatic N) is 1. The standard InChI is InChI=1S/C27H41NO5S/c1-25(2)8-6-9-26(3)21(25)7-10-27(4)22(26)17-34(30,31)24-18(16-28-11-13-33-14-12-28)19(29)15-20(32-5)23(24)27/h15,21-22,29H,6-14,16-17H2,1-5H3/t21-,22+,26-,27+/m0/s1. The van der Waals surface area contributed by atoms with Gasteiger partial charge in [-0.3, -0.25) is 4.90 Å². The zero-order chi connectivity index (χ0) is 24.5. The fourth-order valence-corrected chi connectivity index (χ4v) is 11.0. The molecular weight excluding hydrogens is 450 g/mol. The fourth-order valence-electron chi connectivity index (χ4n) is 8.47. The van der Waals surface area contributed by atoms with Crippen molar-refractivity contribution in [2.45, 2.75) is 76.7 Å². The average Bonchev–Trinajstić information content (AvgIpc) is 2.76. The molecule has 1 N–H and O–H groups in total. The summed E-state index contributed by atoms with van der Waals surface area (Å²) in [5.74, 6) is 1.24. The van der Waals surface area contributed by atoms with Gasteiger partial charge in [-0.25, -0.2) is 8.42 Å². The van der Waals surface area contributed by atoms with Crippen LogP contribution >= 0.6 is 0 Å². The molecular formula is C27H41NO5S. The fraction of sp³-hybridized carbons (Fsp3) is 0.778. The molecule has 1 saturated heterocycles. The molecule has 190 valence electrons. The molecule has 0 bridgehead atoms. The second-order valence-electron chi connectivity index (χ2n) is 12.4. The Hall–Kier alpha value is -1.31. The molecule has 2 aliphatic carbocycles. The minimum Gasteiger partial charge on any atom is -0.507 e. The summed E-state index contributed by atoms with van der Waals surface area (Å²) in [5.41, 5.74) is 1.23. The number of benzene rings is 1. The van der Waals surface area contributed by atoms with Crippen LogP contribution in [0.25, 0.3) is 0 Å². The molecule has 0 aromatic heterocycles. The summed E-state index contributed by atoms with van der Waals surface area (Å²) < 4.78 is 39.5. The number of hydrogen-bond acceptors (Lipinski definition) is 6. The summed E-state index contributed by atoms with van der Waals surface area (Å²) in [6.07, 6.45) is 5.48. The van der Waals surface area contributed by atoms with Crippen molar-refractivity contribution in [1.82, 2.24) is 4.90 Å². The highest BCUT2D eigenvalue weighted by atomic mass is 32.2. The molecule has 4 atom stereocenters. The van der Waals surface area contributed by atoms with Gasteiger partial charge in [0.05, 0.1) is 31.0 Å². The molecule has 5 rings (SSSR count). The number of morpholine rings is 1. The third-order valence-electron chi connectivity index (χ3n) is 10.1. The smallest absolute Gasteiger partial charge is 0.179 e. The van der Waals surface area contributed by atoms with E-state index in [0.717, 1.165) is 44.3 Å². The highest BCUT2D eigenvalue weighted by Crippen LogP contribution is 2.67. The molecule has 0 spiro atoms. The molecule has 2 aliphatic heterocycles.